The molecule has 6 nitrogen and oxygen atoms in total. The molecule has 1 saturated heterocycles. The molecule has 0 unspecified atom stereocenters. The summed E-state index contributed by atoms with van der Waals surface area (Å²) in [5, 5.41) is 13.2. The second-order valence-electron chi connectivity index (χ2n) is 7.23. The number of nitrogens with one attached hydrogen (secondary N) is 1. The van der Waals surface area contributed by atoms with Gasteiger partial charge in [0, 0.05) is 41.8 Å². The zero-order valence-corrected chi connectivity index (χ0v) is 15.1. The number of hydrogen-bond donors (Lipinski definition) is 1. The molecular weight excluding hydrogens is 340 g/mol. The van der Waals surface area contributed by atoms with Crippen LogP contribution in [0.15, 0.2) is 36.0 Å². The van der Waals surface area contributed by atoms with Crippen molar-refractivity contribution in [2.75, 3.05) is 13.1 Å². The van der Waals surface area contributed by atoms with Crippen molar-refractivity contribution < 1.29 is 9.59 Å². The summed E-state index contributed by atoms with van der Waals surface area (Å²) in [4.78, 5) is 26.7. The third kappa shape index (κ3) is 3.72. The Balaban J connectivity index is 1.64. The lowest BCUT2D eigenvalue weighted by molar-refractivity contribution is -0.130. The van der Waals surface area contributed by atoms with Gasteiger partial charge in [0.1, 0.15) is 18.2 Å². The van der Waals surface area contributed by atoms with E-state index in [0.717, 1.165) is 55.2 Å². The zero-order chi connectivity index (χ0) is 18.8. The average Bonchev–Trinajstić information content (AvgIpc) is 3.20. The molecule has 0 atom stereocenters. The number of fused-ring (bicyclic) bond motifs is 1. The van der Waals surface area contributed by atoms with Crippen LogP contribution in [0, 0.1) is 11.3 Å². The van der Waals surface area contributed by atoms with Gasteiger partial charge in [-0.1, -0.05) is 18.2 Å². The number of likely N-dealkylation sites (tertiary alicyclic amines) is 1. The highest BCUT2D eigenvalue weighted by atomic mass is 16.2. The van der Waals surface area contributed by atoms with E-state index in [-0.39, 0.29) is 30.0 Å². The van der Waals surface area contributed by atoms with Gasteiger partial charge in [0.2, 0.25) is 5.91 Å². The average molecular weight is 362 g/mol. The largest absolute Gasteiger partial charge is 0.349 e. The first-order valence-electron chi connectivity index (χ1n) is 9.44. The number of nitriles is 1. The molecule has 0 radical (unpaired) electrons. The molecule has 2 heterocycles. The van der Waals surface area contributed by atoms with Crippen molar-refractivity contribution in [2.24, 2.45) is 0 Å². The highest BCUT2D eigenvalue weighted by Crippen LogP contribution is 2.25. The highest BCUT2D eigenvalue weighted by Gasteiger charge is 2.25. The predicted octanol–water partition coefficient (Wildman–Crippen LogP) is 2.45. The number of benzene rings is 1. The Kier molecular flexibility index (Phi) is 4.68. The molecule has 4 rings (SSSR count). The first kappa shape index (κ1) is 17.3. The fraction of sp³-hybridized carbons (Fsp3) is 0.381. The SMILES string of the molecule is N#CC(=Cc1cn(CC(=O)N2CCCC2)c2ccccc12)C(=O)NC1CC1. The van der Waals surface area contributed by atoms with Crippen molar-refractivity contribution in [3.8, 4) is 6.07 Å². The number of nitrogens with zero attached hydrogens (tertiary/aromatic N) is 3. The fourth-order valence-corrected chi connectivity index (χ4v) is 3.53. The van der Waals surface area contributed by atoms with E-state index in [0.29, 0.717) is 0 Å². The number of rotatable bonds is 5. The lowest BCUT2D eigenvalue weighted by Gasteiger charge is -2.15. The maximum atomic E-state index is 12.6. The molecule has 1 N–H and O–H groups in total. The molecule has 6 heteroatoms. The van der Waals surface area contributed by atoms with Gasteiger partial charge in [-0.25, -0.2) is 0 Å². The summed E-state index contributed by atoms with van der Waals surface area (Å²) in [7, 11) is 0. The van der Waals surface area contributed by atoms with Gasteiger partial charge in [-0.05, 0) is 37.8 Å². The third-order valence-corrected chi connectivity index (χ3v) is 5.16. The van der Waals surface area contributed by atoms with E-state index in [1.807, 2.05) is 46.0 Å². The summed E-state index contributed by atoms with van der Waals surface area (Å²) < 4.78 is 1.91. The second-order valence-corrected chi connectivity index (χ2v) is 7.23. The summed E-state index contributed by atoms with van der Waals surface area (Å²) >= 11 is 0. The maximum absolute atomic E-state index is 12.6. The van der Waals surface area contributed by atoms with Crippen LogP contribution in [-0.4, -0.2) is 40.4 Å². The Hall–Kier alpha value is -3.07. The Morgan fingerprint density at radius 2 is 1.96 bits per heavy atom. The van der Waals surface area contributed by atoms with E-state index in [2.05, 4.69) is 5.32 Å². The van der Waals surface area contributed by atoms with Gasteiger partial charge in [0.05, 0.1) is 0 Å². The minimum Gasteiger partial charge on any atom is -0.349 e. The number of aromatic nitrogens is 1. The van der Waals surface area contributed by atoms with Crippen LogP contribution < -0.4 is 5.32 Å². The van der Waals surface area contributed by atoms with E-state index in [1.165, 1.54) is 0 Å². The first-order chi connectivity index (χ1) is 13.2. The number of hydrogen-bond acceptors (Lipinski definition) is 3. The van der Waals surface area contributed by atoms with Crippen LogP contribution in [0.1, 0.15) is 31.2 Å². The van der Waals surface area contributed by atoms with Crippen molar-refractivity contribution in [3.05, 3.63) is 41.6 Å². The monoisotopic (exact) mass is 362 g/mol. The highest BCUT2D eigenvalue weighted by molar-refractivity contribution is 6.04. The number of para-hydroxylation sites is 1. The van der Waals surface area contributed by atoms with Crippen LogP contribution >= 0.6 is 0 Å². The lowest BCUT2D eigenvalue weighted by Crippen LogP contribution is -2.30. The predicted molar refractivity (Wildman–Crippen MR) is 103 cm³/mol. The molecule has 27 heavy (non-hydrogen) atoms. The van der Waals surface area contributed by atoms with E-state index < -0.39 is 0 Å². The molecule has 0 bridgehead atoms. The summed E-state index contributed by atoms with van der Waals surface area (Å²) in [6, 6.07) is 9.97. The lowest BCUT2D eigenvalue weighted by atomic mass is 10.1. The first-order valence-corrected chi connectivity index (χ1v) is 9.44. The molecule has 2 amide bonds. The van der Waals surface area contributed by atoms with E-state index in [1.54, 1.807) is 6.08 Å². The van der Waals surface area contributed by atoms with Gasteiger partial charge in [0.15, 0.2) is 0 Å². The molecule has 1 saturated carbocycles. The smallest absolute Gasteiger partial charge is 0.262 e. The molecule has 1 aliphatic heterocycles. The fourth-order valence-electron chi connectivity index (χ4n) is 3.53. The Labute approximate surface area is 158 Å². The third-order valence-electron chi connectivity index (χ3n) is 5.16. The molecule has 2 fully saturated rings. The number of amides is 2. The van der Waals surface area contributed by atoms with E-state index in [9.17, 15) is 14.9 Å². The van der Waals surface area contributed by atoms with Crippen LogP contribution in [0.25, 0.3) is 17.0 Å². The van der Waals surface area contributed by atoms with Crippen LogP contribution in [-0.2, 0) is 16.1 Å². The van der Waals surface area contributed by atoms with Crippen molar-refractivity contribution >= 4 is 28.8 Å². The maximum Gasteiger partial charge on any atom is 0.262 e. The molecule has 0 spiro atoms. The van der Waals surface area contributed by atoms with Crippen LogP contribution in [0.4, 0.5) is 0 Å². The second kappa shape index (κ2) is 7.28. The van der Waals surface area contributed by atoms with Gasteiger partial charge in [-0.3, -0.25) is 9.59 Å². The van der Waals surface area contributed by atoms with Gasteiger partial charge in [-0.2, -0.15) is 5.26 Å². The van der Waals surface area contributed by atoms with Gasteiger partial charge < -0.3 is 14.8 Å². The number of carbonyl (C=O) groups excluding carboxylic acids is 2. The van der Waals surface area contributed by atoms with Crippen molar-refractivity contribution in [1.29, 1.82) is 5.26 Å². The molecule has 2 aromatic rings. The van der Waals surface area contributed by atoms with E-state index in [4.69, 9.17) is 0 Å². The van der Waals surface area contributed by atoms with Crippen molar-refractivity contribution in [1.82, 2.24) is 14.8 Å². The normalized spacial score (nSPS) is 17.1. The van der Waals surface area contributed by atoms with Crippen LogP contribution in [0.5, 0.6) is 0 Å². The molecule has 1 aliphatic carbocycles. The molecule has 1 aromatic heterocycles. The Bertz CT molecular complexity index is 956. The zero-order valence-electron chi connectivity index (χ0n) is 15.1. The van der Waals surface area contributed by atoms with Gasteiger partial charge >= 0.3 is 0 Å². The standard InChI is InChI=1S/C21H22N4O2/c22-12-15(21(27)23-17-7-8-17)11-16-13-25(19-6-2-1-5-18(16)19)14-20(26)24-9-3-4-10-24/h1-2,5-6,11,13,17H,3-4,7-10,14H2,(H,23,27). The Morgan fingerprint density at radius 3 is 2.67 bits per heavy atom. The quantitative estimate of drug-likeness (QED) is 0.655. The van der Waals surface area contributed by atoms with Crippen LogP contribution in [0.2, 0.25) is 0 Å². The topological polar surface area (TPSA) is 78.1 Å². The molecule has 138 valence electrons. The van der Waals surface area contributed by atoms with Crippen molar-refractivity contribution in [3.63, 3.8) is 0 Å². The van der Waals surface area contributed by atoms with E-state index >= 15 is 0 Å². The minimum absolute atomic E-state index is 0.0932. The van der Waals surface area contributed by atoms with Crippen LogP contribution in [0.3, 0.4) is 0 Å². The van der Waals surface area contributed by atoms with Gasteiger partial charge in [0.25, 0.3) is 5.91 Å². The molecule has 1 aromatic carbocycles. The summed E-state index contributed by atoms with van der Waals surface area (Å²) in [5.74, 6) is -0.222. The summed E-state index contributed by atoms with van der Waals surface area (Å²) in [6.45, 7) is 1.92. The molecular formula is C21H22N4O2. The Morgan fingerprint density at radius 1 is 1.22 bits per heavy atom. The molecule has 2 aliphatic rings. The number of carbonyl (C=O) groups is 2. The van der Waals surface area contributed by atoms with Crippen molar-refractivity contribution in [2.45, 2.75) is 38.3 Å². The van der Waals surface area contributed by atoms with Gasteiger partial charge in [-0.15, -0.1) is 0 Å². The summed E-state index contributed by atoms with van der Waals surface area (Å²) in [6.07, 6.45) is 7.56. The summed E-state index contributed by atoms with van der Waals surface area (Å²) in [5.41, 5.74) is 1.80. The minimum atomic E-state index is -0.329.